The molecule has 1 heterocycles. The Morgan fingerprint density at radius 2 is 2.07 bits per heavy atom. The van der Waals surface area contributed by atoms with Crippen LogP contribution in [0.1, 0.15) is 11.1 Å². The summed E-state index contributed by atoms with van der Waals surface area (Å²) in [5, 5.41) is 0. The van der Waals surface area contributed by atoms with Crippen molar-refractivity contribution in [1.29, 1.82) is 0 Å². The van der Waals surface area contributed by atoms with Crippen LogP contribution in [0.15, 0.2) is 18.2 Å². The van der Waals surface area contributed by atoms with Crippen molar-refractivity contribution in [2.75, 3.05) is 13.8 Å². The van der Waals surface area contributed by atoms with Crippen molar-refractivity contribution >= 4 is 0 Å². The number of nitrogens with zero attached hydrogens (tertiary/aromatic N) is 1. The third-order valence-corrected chi connectivity index (χ3v) is 2.27. The minimum Gasteiger partial charge on any atom is -0.478 e. The quantitative estimate of drug-likeness (QED) is 0.662. The fourth-order valence-electron chi connectivity index (χ4n) is 1.54. The minimum atomic E-state index is -4.29. The van der Waals surface area contributed by atoms with Crippen molar-refractivity contribution in [3.63, 3.8) is 0 Å². The van der Waals surface area contributed by atoms with E-state index < -0.39 is 11.7 Å². The highest BCUT2D eigenvalue weighted by Crippen LogP contribution is 2.34. The fraction of sp³-hybridized carbons (Fsp3) is 0.400. The lowest BCUT2D eigenvalue weighted by Crippen LogP contribution is -2.28. The maximum absolute atomic E-state index is 12.4. The van der Waals surface area contributed by atoms with Gasteiger partial charge in [-0.3, -0.25) is 4.90 Å². The molecule has 0 atom stereocenters. The largest absolute Gasteiger partial charge is 0.478 e. The van der Waals surface area contributed by atoms with Crippen molar-refractivity contribution in [3.05, 3.63) is 29.3 Å². The van der Waals surface area contributed by atoms with E-state index in [1.54, 1.807) is 7.05 Å². The summed E-state index contributed by atoms with van der Waals surface area (Å²) in [6.45, 7) is 0.900. The summed E-state index contributed by atoms with van der Waals surface area (Å²) in [6.07, 6.45) is -4.29. The van der Waals surface area contributed by atoms with Crippen LogP contribution in [-0.4, -0.2) is 18.7 Å². The van der Waals surface area contributed by atoms with Gasteiger partial charge in [-0.2, -0.15) is 13.2 Å². The number of ether oxygens (including phenoxy) is 1. The highest BCUT2D eigenvalue weighted by Gasteiger charge is 2.31. The Hall–Kier alpha value is -1.23. The molecule has 0 N–H and O–H groups in total. The van der Waals surface area contributed by atoms with Gasteiger partial charge in [-0.05, 0) is 25.2 Å². The molecule has 1 aliphatic rings. The van der Waals surface area contributed by atoms with Gasteiger partial charge in [-0.1, -0.05) is 0 Å². The third-order valence-electron chi connectivity index (χ3n) is 2.27. The van der Waals surface area contributed by atoms with Gasteiger partial charge in [0.25, 0.3) is 0 Å². The second kappa shape index (κ2) is 3.41. The zero-order chi connectivity index (χ0) is 11.1. The lowest BCUT2D eigenvalue weighted by molar-refractivity contribution is -0.137. The molecule has 5 heteroatoms. The Kier molecular flexibility index (Phi) is 2.34. The molecule has 0 saturated carbocycles. The van der Waals surface area contributed by atoms with Crippen LogP contribution in [0.3, 0.4) is 0 Å². The first kappa shape index (κ1) is 10.3. The first-order chi connectivity index (χ1) is 6.97. The van der Waals surface area contributed by atoms with Crippen molar-refractivity contribution < 1.29 is 17.9 Å². The Morgan fingerprint density at radius 3 is 2.73 bits per heavy atom. The van der Waals surface area contributed by atoms with Crippen molar-refractivity contribution in [3.8, 4) is 5.75 Å². The third kappa shape index (κ3) is 2.07. The van der Waals surface area contributed by atoms with Crippen molar-refractivity contribution in [2.24, 2.45) is 0 Å². The van der Waals surface area contributed by atoms with Gasteiger partial charge in [0.05, 0.1) is 5.56 Å². The van der Waals surface area contributed by atoms with E-state index in [2.05, 4.69) is 0 Å². The summed E-state index contributed by atoms with van der Waals surface area (Å²) in [7, 11) is 1.79. The molecule has 0 spiro atoms. The number of hydrogen-bond acceptors (Lipinski definition) is 2. The smallest absolute Gasteiger partial charge is 0.416 e. The Bertz CT molecular complexity index is 375. The number of hydrogen-bond donors (Lipinski definition) is 0. The second-order valence-electron chi connectivity index (χ2n) is 3.61. The summed E-state index contributed by atoms with van der Waals surface area (Å²) < 4.78 is 42.5. The molecule has 82 valence electrons. The molecule has 0 amide bonds. The molecule has 0 fully saturated rings. The molecule has 2 rings (SSSR count). The van der Waals surface area contributed by atoms with E-state index in [-0.39, 0.29) is 0 Å². The molecule has 2 nitrogen and oxygen atoms in total. The van der Waals surface area contributed by atoms with Gasteiger partial charge in [-0.15, -0.1) is 0 Å². The molecule has 0 aromatic heterocycles. The topological polar surface area (TPSA) is 12.5 Å². The van der Waals surface area contributed by atoms with Gasteiger partial charge in [0.1, 0.15) is 12.5 Å². The predicted molar refractivity (Wildman–Crippen MR) is 48.4 cm³/mol. The predicted octanol–water partition coefficient (Wildman–Crippen LogP) is 2.49. The number of rotatable bonds is 0. The molecule has 0 saturated heterocycles. The van der Waals surface area contributed by atoms with Crippen LogP contribution in [0.5, 0.6) is 5.75 Å². The van der Waals surface area contributed by atoms with Gasteiger partial charge < -0.3 is 4.74 Å². The van der Waals surface area contributed by atoms with Crippen LogP contribution in [-0.2, 0) is 12.7 Å². The Morgan fingerprint density at radius 1 is 1.33 bits per heavy atom. The molecule has 0 radical (unpaired) electrons. The maximum atomic E-state index is 12.4. The molecule has 0 unspecified atom stereocenters. The van der Waals surface area contributed by atoms with Gasteiger partial charge in [0.2, 0.25) is 0 Å². The molecular weight excluding hydrogens is 207 g/mol. The highest BCUT2D eigenvalue weighted by molar-refractivity contribution is 5.39. The van der Waals surface area contributed by atoms with E-state index in [1.807, 2.05) is 4.90 Å². The van der Waals surface area contributed by atoms with Gasteiger partial charge in [0.15, 0.2) is 0 Å². The van der Waals surface area contributed by atoms with Crippen LogP contribution < -0.4 is 4.74 Å². The number of benzene rings is 1. The van der Waals surface area contributed by atoms with Gasteiger partial charge in [0, 0.05) is 12.1 Å². The number of halogens is 3. The summed E-state index contributed by atoms with van der Waals surface area (Å²) >= 11 is 0. The lowest BCUT2D eigenvalue weighted by Gasteiger charge is -2.26. The van der Waals surface area contributed by atoms with E-state index >= 15 is 0 Å². The molecule has 0 bridgehead atoms. The standard InChI is InChI=1S/C10H10F3NO/c1-14-5-7-4-8(10(11,12)13)2-3-9(7)15-6-14/h2-4H,5-6H2,1H3. The van der Waals surface area contributed by atoms with Crippen molar-refractivity contribution in [2.45, 2.75) is 12.7 Å². The SMILES string of the molecule is CN1COc2ccc(C(F)(F)F)cc2C1. The number of alkyl halides is 3. The molecule has 15 heavy (non-hydrogen) atoms. The van der Waals surface area contributed by atoms with Gasteiger partial charge in [-0.25, -0.2) is 0 Å². The van der Waals surface area contributed by atoms with Crippen LogP contribution in [0.4, 0.5) is 13.2 Å². The van der Waals surface area contributed by atoms with E-state index in [4.69, 9.17) is 4.74 Å². The molecule has 1 aromatic carbocycles. The van der Waals surface area contributed by atoms with Crippen LogP contribution in [0.2, 0.25) is 0 Å². The van der Waals surface area contributed by atoms with Crippen LogP contribution in [0.25, 0.3) is 0 Å². The average molecular weight is 217 g/mol. The second-order valence-corrected chi connectivity index (χ2v) is 3.61. The fourth-order valence-corrected chi connectivity index (χ4v) is 1.54. The molecule has 0 aliphatic carbocycles. The summed E-state index contributed by atoms with van der Waals surface area (Å²) in [5.41, 5.74) is -0.0428. The first-order valence-electron chi connectivity index (χ1n) is 4.48. The van der Waals surface area contributed by atoms with Crippen LogP contribution >= 0.6 is 0 Å². The Balaban J connectivity index is 2.37. The normalized spacial score (nSPS) is 17.1. The maximum Gasteiger partial charge on any atom is 0.416 e. The first-order valence-corrected chi connectivity index (χ1v) is 4.48. The van der Waals surface area contributed by atoms with E-state index in [0.29, 0.717) is 24.6 Å². The molecule has 1 aliphatic heterocycles. The van der Waals surface area contributed by atoms with E-state index in [9.17, 15) is 13.2 Å². The Labute approximate surface area is 85.3 Å². The summed E-state index contributed by atoms with van der Waals surface area (Å²) in [6, 6.07) is 3.57. The van der Waals surface area contributed by atoms with Crippen LogP contribution in [0, 0.1) is 0 Å². The summed E-state index contributed by atoms with van der Waals surface area (Å²) in [4.78, 5) is 1.81. The van der Waals surface area contributed by atoms with E-state index in [0.717, 1.165) is 12.1 Å². The van der Waals surface area contributed by atoms with Crippen molar-refractivity contribution in [1.82, 2.24) is 4.90 Å². The lowest BCUT2D eigenvalue weighted by atomic mass is 10.1. The zero-order valence-corrected chi connectivity index (χ0v) is 8.14. The van der Waals surface area contributed by atoms with Gasteiger partial charge >= 0.3 is 6.18 Å². The zero-order valence-electron chi connectivity index (χ0n) is 8.14. The molecule has 1 aromatic rings. The molecular formula is C10H10F3NO. The minimum absolute atomic E-state index is 0.415. The van der Waals surface area contributed by atoms with E-state index in [1.165, 1.54) is 6.07 Å². The summed E-state index contributed by atoms with van der Waals surface area (Å²) in [5.74, 6) is 0.543. The highest BCUT2D eigenvalue weighted by atomic mass is 19.4. The monoisotopic (exact) mass is 217 g/mol. The number of fused-ring (bicyclic) bond motifs is 1. The average Bonchev–Trinajstić information content (AvgIpc) is 2.15.